The van der Waals surface area contributed by atoms with Gasteiger partial charge in [-0.3, -0.25) is 9.52 Å². The molecule has 0 saturated heterocycles. The summed E-state index contributed by atoms with van der Waals surface area (Å²) in [6.07, 6.45) is 3.49. The topological polar surface area (TPSA) is 112 Å². The Morgan fingerprint density at radius 1 is 1.03 bits per heavy atom. The van der Waals surface area contributed by atoms with E-state index in [1.54, 1.807) is 25.4 Å². The normalized spacial score (nSPS) is 12.1. The van der Waals surface area contributed by atoms with Crippen LogP contribution in [-0.2, 0) is 10.0 Å². The molecular weight excluding hydrogens is 464 g/mol. The van der Waals surface area contributed by atoms with Crippen molar-refractivity contribution in [3.8, 4) is 22.8 Å². The zero-order chi connectivity index (χ0) is 25.5. The second-order valence-corrected chi connectivity index (χ2v) is 11.1. The summed E-state index contributed by atoms with van der Waals surface area (Å²) in [6, 6.07) is 9.16. The first-order valence-electron chi connectivity index (χ1n) is 11.6. The second-order valence-electron chi connectivity index (χ2n) is 9.13. The molecule has 3 aromatic heterocycles. The van der Waals surface area contributed by atoms with Gasteiger partial charge in [0.1, 0.15) is 12.0 Å². The van der Waals surface area contributed by atoms with Crippen LogP contribution in [0.2, 0.25) is 0 Å². The summed E-state index contributed by atoms with van der Waals surface area (Å²) in [7, 11) is -3.49. The van der Waals surface area contributed by atoms with E-state index in [0.717, 1.165) is 11.1 Å². The lowest BCUT2D eigenvalue weighted by molar-refractivity contribution is 0.602. The molecule has 10 heteroatoms. The van der Waals surface area contributed by atoms with Crippen molar-refractivity contribution in [3.05, 3.63) is 58.6 Å². The third-order valence-corrected chi connectivity index (χ3v) is 7.25. The summed E-state index contributed by atoms with van der Waals surface area (Å²) >= 11 is 0. The highest BCUT2D eigenvalue weighted by molar-refractivity contribution is 7.92. The average Bonchev–Trinajstić information content (AvgIpc) is 3.30. The van der Waals surface area contributed by atoms with Gasteiger partial charge in [0, 0.05) is 23.7 Å². The summed E-state index contributed by atoms with van der Waals surface area (Å²) in [5, 5.41) is 8.67. The molecule has 9 nitrogen and oxygen atoms in total. The van der Waals surface area contributed by atoms with E-state index in [1.807, 2.05) is 68.1 Å². The minimum absolute atomic E-state index is 0.0571. The number of benzene rings is 1. The van der Waals surface area contributed by atoms with Crippen molar-refractivity contribution in [1.29, 1.82) is 0 Å². The van der Waals surface area contributed by atoms with Crippen LogP contribution in [-0.4, -0.2) is 38.5 Å². The minimum atomic E-state index is -3.49. The average molecular weight is 495 g/mol. The Labute approximate surface area is 204 Å². The standard InChI is InChI=1S/C25H30N6O3S/c1-7-35(33,34)29-22-12-18-23(11-17(22)6)30(15(2)3)13-19(24(18)32)20-9-8-10-21(27-20)25-28-26-14-31(25)16(4)5/h8-16,29H,7H2,1-6H3. The van der Waals surface area contributed by atoms with Crippen molar-refractivity contribution < 1.29 is 8.42 Å². The van der Waals surface area contributed by atoms with E-state index >= 15 is 0 Å². The zero-order valence-corrected chi connectivity index (χ0v) is 21.6. The number of fused-ring (bicyclic) bond motifs is 1. The van der Waals surface area contributed by atoms with Crippen molar-refractivity contribution >= 4 is 26.6 Å². The van der Waals surface area contributed by atoms with E-state index in [2.05, 4.69) is 14.9 Å². The van der Waals surface area contributed by atoms with Gasteiger partial charge in [0.15, 0.2) is 11.3 Å². The van der Waals surface area contributed by atoms with Crippen LogP contribution in [0.1, 0.15) is 52.3 Å². The van der Waals surface area contributed by atoms with Crippen molar-refractivity contribution in [2.75, 3.05) is 10.5 Å². The number of aromatic nitrogens is 5. The smallest absolute Gasteiger partial charge is 0.232 e. The fraction of sp³-hybridized carbons (Fsp3) is 0.360. The molecule has 0 aliphatic heterocycles. The van der Waals surface area contributed by atoms with E-state index in [4.69, 9.17) is 4.98 Å². The number of nitrogens with zero attached hydrogens (tertiary/aromatic N) is 5. The SMILES string of the molecule is CCS(=O)(=O)Nc1cc2c(=O)c(-c3cccc(-c4nncn4C(C)C)n3)cn(C(C)C)c2cc1C. The Morgan fingerprint density at radius 2 is 1.71 bits per heavy atom. The van der Waals surface area contributed by atoms with Gasteiger partial charge >= 0.3 is 0 Å². The Bertz CT molecular complexity index is 1570. The summed E-state index contributed by atoms with van der Waals surface area (Å²) in [5.74, 6) is 0.567. The van der Waals surface area contributed by atoms with E-state index in [0.29, 0.717) is 33.8 Å². The molecule has 0 aliphatic rings. The first-order chi connectivity index (χ1) is 16.5. The van der Waals surface area contributed by atoms with Crippen molar-refractivity contribution in [2.45, 2.75) is 53.6 Å². The van der Waals surface area contributed by atoms with Crippen LogP contribution in [0.15, 0.2) is 47.7 Å². The van der Waals surface area contributed by atoms with Crippen molar-refractivity contribution in [1.82, 2.24) is 24.3 Å². The van der Waals surface area contributed by atoms with Gasteiger partial charge in [-0.2, -0.15) is 0 Å². The maximum atomic E-state index is 13.7. The maximum absolute atomic E-state index is 13.7. The van der Waals surface area contributed by atoms with Crippen molar-refractivity contribution in [2.24, 2.45) is 0 Å². The lowest BCUT2D eigenvalue weighted by Gasteiger charge is -2.19. The molecule has 0 saturated carbocycles. The fourth-order valence-corrected chi connectivity index (χ4v) is 4.67. The summed E-state index contributed by atoms with van der Waals surface area (Å²) in [6.45, 7) is 11.5. The number of hydrogen-bond acceptors (Lipinski definition) is 6. The van der Waals surface area contributed by atoms with Crippen LogP contribution >= 0.6 is 0 Å². The third-order valence-electron chi connectivity index (χ3n) is 5.96. The maximum Gasteiger partial charge on any atom is 0.232 e. The Balaban J connectivity index is 1.95. The van der Waals surface area contributed by atoms with E-state index in [9.17, 15) is 13.2 Å². The van der Waals surface area contributed by atoms with Crippen LogP contribution in [0.4, 0.5) is 5.69 Å². The van der Waals surface area contributed by atoms with E-state index in [1.165, 1.54) is 0 Å². The molecule has 3 heterocycles. The molecule has 4 rings (SSSR count). The third kappa shape index (κ3) is 4.70. The van der Waals surface area contributed by atoms with Crippen LogP contribution in [0.25, 0.3) is 33.7 Å². The number of nitrogens with one attached hydrogen (secondary N) is 1. The summed E-state index contributed by atoms with van der Waals surface area (Å²) in [4.78, 5) is 18.5. The van der Waals surface area contributed by atoms with Gasteiger partial charge in [0.25, 0.3) is 0 Å². The molecule has 0 bridgehead atoms. The van der Waals surface area contributed by atoms with E-state index in [-0.39, 0.29) is 23.3 Å². The molecule has 1 N–H and O–H groups in total. The number of hydrogen-bond donors (Lipinski definition) is 1. The van der Waals surface area contributed by atoms with Crippen molar-refractivity contribution in [3.63, 3.8) is 0 Å². The summed E-state index contributed by atoms with van der Waals surface area (Å²) < 4.78 is 31.0. The Hall–Kier alpha value is -3.53. The van der Waals surface area contributed by atoms with Gasteiger partial charge in [-0.05, 0) is 71.4 Å². The monoisotopic (exact) mass is 494 g/mol. The van der Waals surface area contributed by atoms with Crippen LogP contribution < -0.4 is 10.2 Å². The molecule has 0 amide bonds. The molecule has 0 spiro atoms. The molecule has 4 aromatic rings. The molecule has 0 atom stereocenters. The second kappa shape index (κ2) is 9.26. The number of aryl methyl sites for hydroxylation is 1. The highest BCUT2D eigenvalue weighted by Gasteiger charge is 2.18. The predicted molar refractivity (Wildman–Crippen MR) is 139 cm³/mol. The molecule has 0 unspecified atom stereocenters. The fourth-order valence-electron chi connectivity index (χ4n) is 3.97. The van der Waals surface area contributed by atoms with Gasteiger partial charge in [-0.25, -0.2) is 13.4 Å². The van der Waals surface area contributed by atoms with Gasteiger partial charge < -0.3 is 9.13 Å². The molecule has 184 valence electrons. The zero-order valence-electron chi connectivity index (χ0n) is 20.8. The quantitative estimate of drug-likeness (QED) is 0.403. The van der Waals surface area contributed by atoms with Crippen LogP contribution in [0, 0.1) is 6.92 Å². The highest BCUT2D eigenvalue weighted by atomic mass is 32.2. The summed E-state index contributed by atoms with van der Waals surface area (Å²) in [5.41, 5.74) is 3.21. The number of anilines is 1. The largest absolute Gasteiger partial charge is 0.344 e. The number of sulfonamides is 1. The lowest BCUT2D eigenvalue weighted by atomic mass is 10.0. The molecule has 1 aromatic carbocycles. The number of pyridine rings is 2. The van der Waals surface area contributed by atoms with Gasteiger partial charge in [0.2, 0.25) is 10.0 Å². The van der Waals surface area contributed by atoms with Crippen LogP contribution in [0.5, 0.6) is 0 Å². The Kier molecular flexibility index (Phi) is 6.50. The Morgan fingerprint density at radius 3 is 2.37 bits per heavy atom. The molecular formula is C25H30N6O3S. The number of rotatable bonds is 7. The van der Waals surface area contributed by atoms with Gasteiger partial charge in [-0.15, -0.1) is 10.2 Å². The molecule has 0 fully saturated rings. The minimum Gasteiger partial charge on any atom is -0.344 e. The lowest BCUT2D eigenvalue weighted by Crippen LogP contribution is -2.18. The van der Waals surface area contributed by atoms with E-state index < -0.39 is 10.0 Å². The van der Waals surface area contributed by atoms with Crippen LogP contribution in [0.3, 0.4) is 0 Å². The highest BCUT2D eigenvalue weighted by Crippen LogP contribution is 2.28. The molecule has 0 radical (unpaired) electrons. The predicted octanol–water partition coefficient (Wildman–Crippen LogP) is 4.55. The first kappa shape index (κ1) is 24.6. The van der Waals surface area contributed by atoms with Gasteiger partial charge in [-0.1, -0.05) is 6.07 Å². The van der Waals surface area contributed by atoms with Gasteiger partial charge in [0.05, 0.1) is 28.2 Å². The first-order valence-corrected chi connectivity index (χ1v) is 13.2. The molecule has 35 heavy (non-hydrogen) atoms. The molecule has 0 aliphatic carbocycles.